The number of halogens is 1. The molecule has 0 saturated heterocycles. The fraction of sp³-hybridized carbons (Fsp3) is 0.556. The summed E-state index contributed by atoms with van der Waals surface area (Å²) in [5.74, 6) is 0.969. The van der Waals surface area contributed by atoms with Gasteiger partial charge in [-0.05, 0) is 72.2 Å². The number of nitrogens with one attached hydrogen (secondary N) is 1. The molecule has 9 nitrogen and oxygen atoms in total. The Bertz CT molecular complexity index is 1210. The average molecular weight is 569 g/mol. The molecular weight excluding hydrogens is 532 g/mol. The van der Waals surface area contributed by atoms with E-state index in [0.717, 1.165) is 0 Å². The molecule has 2 heterocycles. The third-order valence-corrected chi connectivity index (χ3v) is 8.37. The zero-order chi connectivity index (χ0) is 28.5. The highest BCUT2D eigenvalue weighted by Gasteiger charge is 2.42. The van der Waals surface area contributed by atoms with Crippen LogP contribution in [-0.2, 0) is 22.1 Å². The number of ether oxygens (including phenoxy) is 3. The molecule has 210 valence electrons. The first-order chi connectivity index (χ1) is 17.6. The van der Waals surface area contributed by atoms with Crippen LogP contribution in [0, 0.1) is 0 Å². The number of carbonyl (C=O) groups excluding carboxylic acids is 1. The number of methoxy groups -OCH3 is 1. The van der Waals surface area contributed by atoms with Crippen LogP contribution in [0.5, 0.6) is 17.2 Å². The lowest BCUT2D eigenvalue weighted by Gasteiger charge is -2.30. The van der Waals surface area contributed by atoms with E-state index in [4.69, 9.17) is 25.8 Å². The fourth-order valence-corrected chi connectivity index (χ4v) is 5.02. The summed E-state index contributed by atoms with van der Waals surface area (Å²) in [5, 5.41) is 20.6. The van der Waals surface area contributed by atoms with E-state index >= 15 is 0 Å². The molecule has 4 unspecified atom stereocenters. The van der Waals surface area contributed by atoms with Gasteiger partial charge in [-0.3, -0.25) is 4.79 Å². The summed E-state index contributed by atoms with van der Waals surface area (Å²) in [6.07, 6.45) is -0.322. The van der Waals surface area contributed by atoms with Crippen molar-refractivity contribution in [1.29, 1.82) is 0 Å². The number of fused-ring (bicyclic) bond motifs is 1. The summed E-state index contributed by atoms with van der Waals surface area (Å²) in [5.41, 5.74) is -0.960. The molecule has 0 amide bonds. The van der Waals surface area contributed by atoms with Gasteiger partial charge in [0, 0.05) is 17.5 Å². The van der Waals surface area contributed by atoms with Crippen molar-refractivity contribution in [2.24, 2.45) is 0 Å². The smallest absolute Gasteiger partial charge is 0.171 e. The first-order valence-electron chi connectivity index (χ1n) is 12.4. The quantitative estimate of drug-likeness (QED) is 0.274. The number of carbonyl (C=O) groups is 1. The Hall–Kier alpha value is -2.24. The van der Waals surface area contributed by atoms with Gasteiger partial charge in [0.15, 0.2) is 28.2 Å². The predicted octanol–water partition coefficient (Wildman–Crippen LogP) is 4.03. The second-order valence-corrected chi connectivity index (χ2v) is 13.3. The molecule has 0 radical (unpaired) electrons. The normalized spacial score (nSPS) is 20.2. The van der Waals surface area contributed by atoms with Gasteiger partial charge in [0.1, 0.15) is 18.3 Å². The second kappa shape index (κ2) is 11.5. The molecule has 0 spiro atoms. The van der Waals surface area contributed by atoms with Crippen LogP contribution in [0.1, 0.15) is 76.0 Å². The van der Waals surface area contributed by atoms with Gasteiger partial charge in [-0.15, -0.1) is 0 Å². The van der Waals surface area contributed by atoms with E-state index in [0.29, 0.717) is 28.4 Å². The number of benzene rings is 1. The number of Topliss-reactive ketones (excluding diaryl/α,β-unsaturated/α-hetero) is 1. The molecule has 11 heteroatoms. The van der Waals surface area contributed by atoms with E-state index in [1.165, 1.54) is 7.11 Å². The second-order valence-electron chi connectivity index (χ2n) is 11.0. The summed E-state index contributed by atoms with van der Waals surface area (Å²) in [6, 6.07) is 6.51. The van der Waals surface area contributed by atoms with Gasteiger partial charge in [0.25, 0.3) is 0 Å². The summed E-state index contributed by atoms with van der Waals surface area (Å²) >= 11 is 6.43. The summed E-state index contributed by atoms with van der Waals surface area (Å²) in [4.78, 5) is 17.3. The SMILES string of the molecule is COc1cc(C(=O)CCC(C)(O)c2cc3c(c(Cl)n2)OCC3(C)NS(=O)C(C)(C)C)ccc1OC(C)CO. The molecule has 38 heavy (non-hydrogen) atoms. The number of aliphatic hydroxyl groups excluding tert-OH is 1. The van der Waals surface area contributed by atoms with Crippen LogP contribution in [-0.4, -0.2) is 56.4 Å². The van der Waals surface area contributed by atoms with Crippen molar-refractivity contribution < 1.29 is 33.4 Å². The molecule has 0 aliphatic carbocycles. The maximum atomic E-state index is 13.0. The number of nitrogens with zero attached hydrogens (tertiary/aromatic N) is 1. The lowest BCUT2D eigenvalue weighted by atomic mass is 9.89. The summed E-state index contributed by atoms with van der Waals surface area (Å²) < 4.78 is 32.2. The van der Waals surface area contributed by atoms with Gasteiger partial charge < -0.3 is 24.4 Å². The maximum Gasteiger partial charge on any atom is 0.171 e. The molecule has 4 atom stereocenters. The Balaban J connectivity index is 1.80. The van der Waals surface area contributed by atoms with E-state index in [9.17, 15) is 19.2 Å². The number of ketones is 1. The minimum absolute atomic E-state index is 0.0276. The maximum absolute atomic E-state index is 13.0. The third kappa shape index (κ3) is 6.66. The number of pyridine rings is 1. The van der Waals surface area contributed by atoms with E-state index in [1.807, 2.05) is 27.7 Å². The lowest BCUT2D eigenvalue weighted by Crippen LogP contribution is -2.47. The Labute approximate surface area is 231 Å². The average Bonchev–Trinajstić information content (AvgIpc) is 3.18. The van der Waals surface area contributed by atoms with Gasteiger partial charge in [0.2, 0.25) is 0 Å². The highest BCUT2D eigenvalue weighted by molar-refractivity contribution is 7.84. The summed E-state index contributed by atoms with van der Waals surface area (Å²) in [7, 11) is 0.0898. The van der Waals surface area contributed by atoms with Crippen molar-refractivity contribution >= 4 is 28.4 Å². The minimum Gasteiger partial charge on any atom is -0.493 e. The van der Waals surface area contributed by atoms with Gasteiger partial charge in [-0.25, -0.2) is 13.9 Å². The lowest BCUT2D eigenvalue weighted by molar-refractivity contribution is 0.0395. The molecular formula is C27H37ClN2O7S. The summed E-state index contributed by atoms with van der Waals surface area (Å²) in [6.45, 7) is 10.8. The number of rotatable bonds is 11. The predicted molar refractivity (Wildman–Crippen MR) is 146 cm³/mol. The Morgan fingerprint density at radius 1 is 1.29 bits per heavy atom. The standard InChI is InChI=1S/C27H37ClN2O7S/c1-16(14-31)37-20-9-8-17(12-21(20)35-7)19(32)10-11-27(6,33)22-13-18-23(24(28)29-22)36-15-26(18,5)30-38(34)25(2,3)4/h8-9,12-13,16,30-31,33H,10-11,14-15H2,1-7H3. The van der Waals surface area contributed by atoms with Gasteiger partial charge in [-0.1, -0.05) is 11.6 Å². The van der Waals surface area contributed by atoms with Crippen LogP contribution in [0.25, 0.3) is 0 Å². The Kier molecular flexibility index (Phi) is 9.15. The number of hydrogen-bond acceptors (Lipinski definition) is 8. The van der Waals surface area contributed by atoms with Crippen LogP contribution >= 0.6 is 11.6 Å². The van der Waals surface area contributed by atoms with Crippen molar-refractivity contribution in [2.75, 3.05) is 20.3 Å². The van der Waals surface area contributed by atoms with E-state index in [2.05, 4.69) is 9.71 Å². The molecule has 3 N–H and O–H groups in total. The molecule has 0 bridgehead atoms. The molecule has 1 aliphatic heterocycles. The van der Waals surface area contributed by atoms with E-state index in [-0.39, 0.29) is 42.7 Å². The molecule has 0 fully saturated rings. The first kappa shape index (κ1) is 30.3. The van der Waals surface area contributed by atoms with Crippen LogP contribution in [0.3, 0.4) is 0 Å². The highest BCUT2D eigenvalue weighted by Crippen LogP contribution is 2.43. The van der Waals surface area contributed by atoms with Gasteiger partial charge in [0.05, 0.1) is 40.7 Å². The molecule has 1 aromatic heterocycles. The van der Waals surface area contributed by atoms with E-state index in [1.54, 1.807) is 38.1 Å². The number of hydrogen-bond donors (Lipinski definition) is 3. The van der Waals surface area contributed by atoms with Gasteiger partial charge >= 0.3 is 0 Å². The van der Waals surface area contributed by atoms with Crippen molar-refractivity contribution in [3.8, 4) is 17.2 Å². The van der Waals surface area contributed by atoms with Gasteiger partial charge in [-0.2, -0.15) is 0 Å². The molecule has 1 aliphatic rings. The van der Waals surface area contributed by atoms with Crippen LogP contribution in [0.15, 0.2) is 24.3 Å². The van der Waals surface area contributed by atoms with Crippen molar-refractivity contribution in [2.45, 2.75) is 76.4 Å². The molecule has 3 rings (SSSR count). The topological polar surface area (TPSA) is 127 Å². The molecule has 2 aromatic rings. The largest absolute Gasteiger partial charge is 0.493 e. The monoisotopic (exact) mass is 568 g/mol. The first-order valence-corrected chi connectivity index (χ1v) is 13.9. The zero-order valence-electron chi connectivity index (χ0n) is 22.9. The van der Waals surface area contributed by atoms with Crippen molar-refractivity contribution in [3.63, 3.8) is 0 Å². The third-order valence-electron chi connectivity index (χ3n) is 6.37. The molecule has 0 saturated carbocycles. The van der Waals surface area contributed by atoms with Crippen LogP contribution in [0.2, 0.25) is 5.15 Å². The Morgan fingerprint density at radius 2 is 1.97 bits per heavy atom. The number of aliphatic hydroxyl groups is 2. The van der Waals surface area contributed by atoms with Crippen LogP contribution < -0.4 is 18.9 Å². The Morgan fingerprint density at radius 3 is 2.58 bits per heavy atom. The minimum atomic E-state index is -1.48. The highest BCUT2D eigenvalue weighted by atomic mass is 35.5. The van der Waals surface area contributed by atoms with Crippen molar-refractivity contribution in [3.05, 3.63) is 46.2 Å². The molecule has 1 aromatic carbocycles. The van der Waals surface area contributed by atoms with E-state index < -0.39 is 33.0 Å². The van der Waals surface area contributed by atoms with Crippen molar-refractivity contribution in [1.82, 2.24) is 9.71 Å². The zero-order valence-corrected chi connectivity index (χ0v) is 24.5. The number of aromatic nitrogens is 1. The van der Waals surface area contributed by atoms with Crippen LogP contribution in [0.4, 0.5) is 0 Å². The fourth-order valence-electron chi connectivity index (χ4n) is 3.88.